The molecule has 0 N–H and O–H groups in total. The van der Waals surface area contributed by atoms with Gasteiger partial charge in [0.15, 0.2) is 0 Å². The summed E-state index contributed by atoms with van der Waals surface area (Å²) in [5, 5.41) is 0. The number of cyclic esters (lactones) is 1. The van der Waals surface area contributed by atoms with Gasteiger partial charge in [-0.2, -0.15) is 0 Å². The largest absolute Gasteiger partial charge is 0.434 e. The fourth-order valence-electron chi connectivity index (χ4n) is 0.879. The molecule has 0 saturated heterocycles. The van der Waals surface area contributed by atoms with E-state index in [4.69, 9.17) is 9.47 Å². The molecule has 0 aliphatic carbocycles. The highest BCUT2D eigenvalue weighted by Crippen LogP contribution is 2.22. The van der Waals surface area contributed by atoms with Crippen LogP contribution in [0, 0.1) is 0 Å². The summed E-state index contributed by atoms with van der Waals surface area (Å²) in [6.45, 7) is 0. The number of rotatable bonds is 2. The quantitative estimate of drug-likeness (QED) is 0.432. The summed E-state index contributed by atoms with van der Waals surface area (Å²) < 4.78 is 14.5. The fraction of sp³-hybridized carbons (Fsp3) is 0.571. The van der Waals surface area contributed by atoms with Crippen LogP contribution in [0.25, 0.3) is 0 Å². The van der Waals surface area contributed by atoms with E-state index in [1.54, 1.807) is 6.08 Å². The van der Waals surface area contributed by atoms with E-state index in [1.807, 2.05) is 0 Å². The Morgan fingerprint density at radius 3 is 2.55 bits per heavy atom. The second-order valence-corrected chi connectivity index (χ2v) is 2.19. The Morgan fingerprint density at radius 1 is 1.55 bits per heavy atom. The molecular formula is C7H10O4. The van der Waals surface area contributed by atoms with Crippen LogP contribution in [-0.2, 0) is 19.0 Å². The maximum absolute atomic E-state index is 10.8. The molecule has 1 rings (SSSR count). The number of carbonyl (C=O) groups is 1. The van der Waals surface area contributed by atoms with Gasteiger partial charge in [-0.15, -0.1) is 0 Å². The lowest BCUT2D eigenvalue weighted by Crippen LogP contribution is -2.36. The van der Waals surface area contributed by atoms with Gasteiger partial charge < -0.3 is 14.2 Å². The molecule has 0 radical (unpaired) electrons. The van der Waals surface area contributed by atoms with Gasteiger partial charge in [0.25, 0.3) is 0 Å². The van der Waals surface area contributed by atoms with Crippen molar-refractivity contribution in [2.45, 2.75) is 12.2 Å². The first-order valence-electron chi connectivity index (χ1n) is 3.20. The highest BCUT2D eigenvalue weighted by Gasteiger charge is 2.33. The van der Waals surface area contributed by atoms with Gasteiger partial charge in [0.2, 0.25) is 5.79 Å². The molecule has 0 saturated carbocycles. The van der Waals surface area contributed by atoms with Gasteiger partial charge >= 0.3 is 5.97 Å². The molecule has 11 heavy (non-hydrogen) atoms. The predicted molar refractivity (Wildman–Crippen MR) is 36.6 cm³/mol. The first-order chi connectivity index (χ1) is 5.22. The Kier molecular flexibility index (Phi) is 2.26. The lowest BCUT2D eigenvalue weighted by Gasteiger charge is -2.28. The van der Waals surface area contributed by atoms with Crippen molar-refractivity contribution < 1.29 is 19.0 Å². The van der Waals surface area contributed by atoms with Crippen molar-refractivity contribution in [2.24, 2.45) is 0 Å². The summed E-state index contributed by atoms with van der Waals surface area (Å²) >= 11 is 0. The fourth-order valence-corrected chi connectivity index (χ4v) is 0.879. The zero-order valence-corrected chi connectivity index (χ0v) is 6.49. The number of ether oxygens (including phenoxy) is 3. The third-order valence-electron chi connectivity index (χ3n) is 1.60. The summed E-state index contributed by atoms with van der Waals surface area (Å²) in [5.74, 6) is -1.27. The monoisotopic (exact) mass is 158 g/mol. The number of methoxy groups -OCH3 is 2. The molecule has 1 aliphatic heterocycles. The summed E-state index contributed by atoms with van der Waals surface area (Å²) in [4.78, 5) is 10.8. The Hall–Kier alpha value is -0.870. The lowest BCUT2D eigenvalue weighted by molar-refractivity contribution is -0.193. The van der Waals surface area contributed by atoms with E-state index in [-0.39, 0.29) is 12.4 Å². The van der Waals surface area contributed by atoms with Crippen molar-refractivity contribution in [1.82, 2.24) is 0 Å². The third-order valence-corrected chi connectivity index (χ3v) is 1.60. The minimum atomic E-state index is -0.921. The summed E-state index contributed by atoms with van der Waals surface area (Å²) in [7, 11) is 2.96. The average Bonchev–Trinajstić information content (AvgIpc) is 2.04. The van der Waals surface area contributed by atoms with Crippen molar-refractivity contribution in [3.05, 3.63) is 12.3 Å². The first-order valence-corrected chi connectivity index (χ1v) is 3.20. The second kappa shape index (κ2) is 3.02. The summed E-state index contributed by atoms with van der Waals surface area (Å²) in [5.41, 5.74) is 0. The van der Waals surface area contributed by atoms with Crippen LogP contribution in [0.3, 0.4) is 0 Å². The summed E-state index contributed by atoms with van der Waals surface area (Å²) in [6.07, 6.45) is 2.93. The molecule has 4 heteroatoms. The van der Waals surface area contributed by atoms with Crippen LogP contribution >= 0.6 is 0 Å². The highest BCUT2D eigenvalue weighted by atomic mass is 16.7. The molecule has 1 heterocycles. The smallest absolute Gasteiger partial charge is 0.316 e. The molecule has 0 aromatic carbocycles. The van der Waals surface area contributed by atoms with Crippen LogP contribution in [0.1, 0.15) is 6.42 Å². The van der Waals surface area contributed by atoms with Crippen LogP contribution in [0.5, 0.6) is 0 Å². The zero-order valence-electron chi connectivity index (χ0n) is 6.49. The van der Waals surface area contributed by atoms with Crippen molar-refractivity contribution in [3.63, 3.8) is 0 Å². The van der Waals surface area contributed by atoms with E-state index in [1.165, 1.54) is 20.5 Å². The molecule has 0 fully saturated rings. The van der Waals surface area contributed by atoms with E-state index in [9.17, 15) is 4.79 Å². The van der Waals surface area contributed by atoms with Gasteiger partial charge in [0.1, 0.15) is 6.42 Å². The van der Waals surface area contributed by atoms with Crippen LogP contribution in [0.2, 0.25) is 0 Å². The van der Waals surface area contributed by atoms with Gasteiger partial charge in [0, 0.05) is 20.3 Å². The van der Waals surface area contributed by atoms with E-state index in [0.29, 0.717) is 0 Å². The first kappa shape index (κ1) is 8.23. The molecule has 4 nitrogen and oxygen atoms in total. The molecule has 0 unspecified atom stereocenters. The topological polar surface area (TPSA) is 44.8 Å². The molecular weight excluding hydrogens is 148 g/mol. The number of esters is 1. The van der Waals surface area contributed by atoms with Crippen molar-refractivity contribution in [3.8, 4) is 0 Å². The number of carbonyl (C=O) groups excluding carboxylic acids is 1. The maximum atomic E-state index is 10.8. The van der Waals surface area contributed by atoms with Crippen LogP contribution in [0.4, 0.5) is 0 Å². The SMILES string of the molecule is COC1(OC)C=COC(=O)C1. The molecule has 0 aromatic rings. The highest BCUT2D eigenvalue weighted by molar-refractivity contribution is 5.72. The maximum Gasteiger partial charge on any atom is 0.316 e. The Morgan fingerprint density at radius 2 is 2.18 bits per heavy atom. The average molecular weight is 158 g/mol. The van der Waals surface area contributed by atoms with Gasteiger partial charge in [0.05, 0.1) is 6.26 Å². The molecule has 0 spiro atoms. The Bertz CT molecular complexity index is 181. The Balaban J connectivity index is 2.75. The van der Waals surface area contributed by atoms with Gasteiger partial charge in [-0.3, -0.25) is 4.79 Å². The molecule has 0 aromatic heterocycles. The van der Waals surface area contributed by atoms with Crippen LogP contribution < -0.4 is 0 Å². The van der Waals surface area contributed by atoms with Crippen LogP contribution in [0.15, 0.2) is 12.3 Å². The van der Waals surface area contributed by atoms with E-state index < -0.39 is 5.79 Å². The van der Waals surface area contributed by atoms with Gasteiger partial charge in [-0.1, -0.05) is 0 Å². The van der Waals surface area contributed by atoms with Crippen molar-refractivity contribution in [1.29, 1.82) is 0 Å². The molecule has 0 atom stereocenters. The molecule has 1 aliphatic rings. The minimum Gasteiger partial charge on any atom is -0.434 e. The lowest BCUT2D eigenvalue weighted by atomic mass is 10.1. The predicted octanol–water partition coefficient (Wildman–Crippen LogP) is 0.436. The van der Waals surface area contributed by atoms with Crippen LogP contribution in [-0.4, -0.2) is 26.0 Å². The summed E-state index contributed by atoms with van der Waals surface area (Å²) in [6, 6.07) is 0. The standard InChI is InChI=1S/C7H10O4/c1-9-7(10-2)3-4-11-6(8)5-7/h3-4H,5H2,1-2H3. The normalized spacial score (nSPS) is 21.5. The van der Waals surface area contributed by atoms with E-state index in [2.05, 4.69) is 4.74 Å². The molecule has 62 valence electrons. The van der Waals surface area contributed by atoms with Crippen molar-refractivity contribution >= 4 is 5.97 Å². The Labute approximate surface area is 64.7 Å². The third kappa shape index (κ3) is 1.58. The second-order valence-electron chi connectivity index (χ2n) is 2.19. The number of hydrogen-bond donors (Lipinski definition) is 0. The molecule has 0 bridgehead atoms. The number of hydrogen-bond acceptors (Lipinski definition) is 4. The zero-order chi connectivity index (χ0) is 8.32. The minimum absolute atomic E-state index is 0.0938. The molecule has 0 amide bonds. The van der Waals surface area contributed by atoms with E-state index >= 15 is 0 Å². The van der Waals surface area contributed by atoms with E-state index in [0.717, 1.165) is 0 Å². The van der Waals surface area contributed by atoms with Gasteiger partial charge in [-0.05, 0) is 0 Å². The van der Waals surface area contributed by atoms with Gasteiger partial charge in [-0.25, -0.2) is 0 Å². The van der Waals surface area contributed by atoms with Crippen molar-refractivity contribution in [2.75, 3.05) is 14.2 Å².